The molecule has 0 bridgehead atoms. The number of alkyl halides is 3. The Balaban J connectivity index is 2.63. The SMILES string of the molecule is CN(C)CCCS(=O)(=O)NC=Cc1ccc(OS(=O)(=O)C(F)(F)F)cc1. The van der Waals surface area contributed by atoms with E-state index in [2.05, 4.69) is 8.91 Å². The molecule has 0 fully saturated rings. The van der Waals surface area contributed by atoms with Gasteiger partial charge in [-0.25, -0.2) is 8.42 Å². The number of halogens is 3. The van der Waals surface area contributed by atoms with Crippen LogP contribution in [0.25, 0.3) is 6.08 Å². The lowest BCUT2D eigenvalue weighted by molar-refractivity contribution is -0.0500. The van der Waals surface area contributed by atoms with Crippen LogP contribution in [0.4, 0.5) is 13.2 Å². The van der Waals surface area contributed by atoms with Crippen molar-refractivity contribution in [2.45, 2.75) is 11.9 Å². The minimum atomic E-state index is -5.73. The van der Waals surface area contributed by atoms with E-state index in [-0.39, 0.29) is 5.75 Å². The van der Waals surface area contributed by atoms with Gasteiger partial charge >= 0.3 is 15.6 Å². The molecule has 0 saturated carbocycles. The summed E-state index contributed by atoms with van der Waals surface area (Å²) < 4.78 is 88.1. The predicted octanol–water partition coefficient (Wildman–Crippen LogP) is 1.76. The van der Waals surface area contributed by atoms with Gasteiger partial charge in [-0.15, -0.1) is 0 Å². The Bertz CT molecular complexity index is 817. The lowest BCUT2D eigenvalue weighted by Gasteiger charge is -2.09. The summed E-state index contributed by atoms with van der Waals surface area (Å²) in [6.45, 7) is 0.618. The Morgan fingerprint density at radius 3 is 2.19 bits per heavy atom. The highest BCUT2D eigenvalue weighted by molar-refractivity contribution is 7.89. The third-order valence-corrected chi connectivity index (χ3v) is 5.21. The number of nitrogens with zero attached hydrogens (tertiary/aromatic N) is 1. The Morgan fingerprint density at radius 1 is 1.12 bits per heavy atom. The second kappa shape index (κ2) is 8.73. The number of hydrogen-bond acceptors (Lipinski definition) is 6. The highest BCUT2D eigenvalue weighted by Gasteiger charge is 2.48. The number of nitrogens with one attached hydrogen (secondary N) is 1. The Kier molecular flexibility index (Phi) is 7.47. The smallest absolute Gasteiger partial charge is 0.376 e. The molecule has 1 aromatic rings. The van der Waals surface area contributed by atoms with Crippen molar-refractivity contribution in [1.82, 2.24) is 9.62 Å². The van der Waals surface area contributed by atoms with Crippen LogP contribution < -0.4 is 8.91 Å². The van der Waals surface area contributed by atoms with Gasteiger partial charge in [0.1, 0.15) is 5.75 Å². The van der Waals surface area contributed by atoms with E-state index in [4.69, 9.17) is 0 Å². The fraction of sp³-hybridized carbons (Fsp3) is 0.429. The van der Waals surface area contributed by atoms with E-state index in [1.807, 2.05) is 19.0 Å². The van der Waals surface area contributed by atoms with E-state index in [1.165, 1.54) is 24.4 Å². The summed E-state index contributed by atoms with van der Waals surface area (Å²) in [7, 11) is -5.56. The van der Waals surface area contributed by atoms with Crippen molar-refractivity contribution in [3.8, 4) is 5.75 Å². The lowest BCUT2D eigenvalue weighted by Crippen LogP contribution is -2.28. The summed E-state index contributed by atoms with van der Waals surface area (Å²) in [5, 5.41) is 0. The largest absolute Gasteiger partial charge is 0.534 e. The van der Waals surface area contributed by atoms with Gasteiger partial charge in [-0.05, 0) is 50.8 Å². The molecule has 0 atom stereocenters. The van der Waals surface area contributed by atoms with Crippen LogP contribution in [0.15, 0.2) is 30.5 Å². The van der Waals surface area contributed by atoms with Crippen molar-refractivity contribution in [3.63, 3.8) is 0 Å². The first-order valence-corrected chi connectivity index (χ1v) is 10.3. The fourth-order valence-corrected chi connectivity index (χ4v) is 3.03. The van der Waals surface area contributed by atoms with Crippen molar-refractivity contribution in [3.05, 3.63) is 36.0 Å². The van der Waals surface area contributed by atoms with Crippen molar-refractivity contribution in [2.24, 2.45) is 0 Å². The maximum absolute atomic E-state index is 12.2. The molecule has 0 heterocycles. The normalized spacial score (nSPS) is 13.3. The van der Waals surface area contributed by atoms with Crippen LogP contribution in [0.1, 0.15) is 12.0 Å². The van der Waals surface area contributed by atoms with Gasteiger partial charge in [-0.3, -0.25) is 4.72 Å². The highest BCUT2D eigenvalue weighted by atomic mass is 32.2. The summed E-state index contributed by atoms with van der Waals surface area (Å²) in [4.78, 5) is 1.86. The summed E-state index contributed by atoms with van der Waals surface area (Å²) in [6.07, 6.45) is 2.99. The van der Waals surface area contributed by atoms with E-state index in [0.29, 0.717) is 18.5 Å². The molecule has 0 aliphatic rings. The standard InChI is InChI=1S/C14H19F3N2O5S2/c1-19(2)10-3-11-25(20,21)18-9-8-12-4-6-13(7-5-12)24-26(22,23)14(15,16)17/h4-9,18H,3,10-11H2,1-2H3. The van der Waals surface area contributed by atoms with E-state index in [0.717, 1.165) is 12.1 Å². The van der Waals surface area contributed by atoms with Gasteiger partial charge in [0.15, 0.2) is 0 Å². The van der Waals surface area contributed by atoms with Crippen LogP contribution in [0.5, 0.6) is 5.75 Å². The van der Waals surface area contributed by atoms with Crippen LogP contribution in [-0.2, 0) is 20.1 Å². The summed E-state index contributed by atoms with van der Waals surface area (Å²) in [6, 6.07) is 4.60. The van der Waals surface area contributed by atoms with Crippen molar-refractivity contribution < 1.29 is 34.2 Å². The maximum Gasteiger partial charge on any atom is 0.534 e. The summed E-state index contributed by atoms with van der Waals surface area (Å²) in [5.41, 5.74) is -5.09. The zero-order chi connectivity index (χ0) is 20.0. The van der Waals surface area contributed by atoms with Crippen LogP contribution >= 0.6 is 0 Å². The first-order chi connectivity index (χ1) is 11.8. The second-order valence-electron chi connectivity index (χ2n) is 5.48. The van der Waals surface area contributed by atoms with Crippen LogP contribution in [-0.4, -0.2) is 53.6 Å². The van der Waals surface area contributed by atoms with Crippen LogP contribution in [0.3, 0.4) is 0 Å². The Morgan fingerprint density at radius 2 is 1.69 bits per heavy atom. The first kappa shape index (κ1) is 22.3. The molecule has 7 nitrogen and oxygen atoms in total. The molecular weight excluding hydrogens is 397 g/mol. The van der Waals surface area contributed by atoms with Gasteiger partial charge in [0, 0.05) is 6.20 Å². The second-order valence-corrected chi connectivity index (χ2v) is 8.89. The van der Waals surface area contributed by atoms with Gasteiger partial charge in [0.2, 0.25) is 10.0 Å². The van der Waals surface area contributed by atoms with Gasteiger partial charge in [-0.2, -0.15) is 21.6 Å². The van der Waals surface area contributed by atoms with E-state index in [9.17, 15) is 30.0 Å². The quantitative estimate of drug-likeness (QED) is 0.487. The number of hydrogen-bond donors (Lipinski definition) is 1. The average molecular weight is 416 g/mol. The number of rotatable bonds is 9. The molecule has 26 heavy (non-hydrogen) atoms. The number of benzene rings is 1. The topological polar surface area (TPSA) is 92.8 Å². The minimum Gasteiger partial charge on any atom is -0.376 e. The Labute approximate surface area is 150 Å². The fourth-order valence-electron chi connectivity index (χ4n) is 1.67. The molecule has 12 heteroatoms. The van der Waals surface area contributed by atoms with Gasteiger partial charge < -0.3 is 9.08 Å². The zero-order valence-electron chi connectivity index (χ0n) is 14.0. The number of sulfonamides is 1. The lowest BCUT2D eigenvalue weighted by atomic mass is 10.2. The third-order valence-electron chi connectivity index (χ3n) is 2.91. The summed E-state index contributed by atoms with van der Waals surface area (Å²) in [5.74, 6) is -0.568. The van der Waals surface area contributed by atoms with E-state index < -0.39 is 31.4 Å². The predicted molar refractivity (Wildman–Crippen MR) is 91.2 cm³/mol. The Hall–Kier alpha value is -1.79. The van der Waals surface area contributed by atoms with Gasteiger partial charge in [0.05, 0.1) is 5.75 Å². The van der Waals surface area contributed by atoms with E-state index in [1.54, 1.807) is 0 Å². The van der Waals surface area contributed by atoms with Crippen LogP contribution in [0, 0.1) is 0 Å². The average Bonchev–Trinajstić information content (AvgIpc) is 2.46. The maximum atomic E-state index is 12.2. The van der Waals surface area contributed by atoms with Gasteiger partial charge in [0.25, 0.3) is 0 Å². The van der Waals surface area contributed by atoms with Crippen molar-refractivity contribution in [2.75, 3.05) is 26.4 Å². The molecule has 0 spiro atoms. The molecule has 1 aromatic carbocycles. The zero-order valence-corrected chi connectivity index (χ0v) is 15.7. The molecular formula is C14H19F3N2O5S2. The van der Waals surface area contributed by atoms with Crippen LogP contribution in [0.2, 0.25) is 0 Å². The molecule has 0 aliphatic heterocycles. The molecule has 1 rings (SSSR count). The molecule has 0 radical (unpaired) electrons. The molecule has 0 saturated heterocycles. The van der Waals surface area contributed by atoms with E-state index >= 15 is 0 Å². The first-order valence-electron chi connectivity index (χ1n) is 7.24. The van der Waals surface area contributed by atoms with Gasteiger partial charge in [-0.1, -0.05) is 12.1 Å². The highest BCUT2D eigenvalue weighted by Crippen LogP contribution is 2.27. The summed E-state index contributed by atoms with van der Waals surface area (Å²) >= 11 is 0. The minimum absolute atomic E-state index is 0.0579. The molecule has 0 amide bonds. The molecule has 148 valence electrons. The third kappa shape index (κ3) is 7.62. The molecule has 1 N–H and O–H groups in total. The molecule has 0 aromatic heterocycles. The van der Waals surface area contributed by atoms with Crippen molar-refractivity contribution in [1.29, 1.82) is 0 Å². The monoisotopic (exact) mass is 416 g/mol. The molecule has 0 unspecified atom stereocenters. The van der Waals surface area contributed by atoms with Crippen molar-refractivity contribution >= 4 is 26.2 Å². The molecule has 0 aliphatic carbocycles.